The van der Waals surface area contributed by atoms with Gasteiger partial charge in [0.1, 0.15) is 23.0 Å². The lowest BCUT2D eigenvalue weighted by Crippen LogP contribution is -2.17. The predicted molar refractivity (Wildman–Crippen MR) is 233 cm³/mol. The van der Waals surface area contributed by atoms with Crippen LogP contribution in [0, 0.1) is 0 Å². The summed E-state index contributed by atoms with van der Waals surface area (Å²) in [5, 5.41) is 9.67. The summed E-state index contributed by atoms with van der Waals surface area (Å²) in [6.07, 6.45) is 6.94. The molecule has 0 spiro atoms. The normalized spacial score (nSPS) is 16.0. The molecular weight excluding hydrogens is 681 g/mol. The van der Waals surface area contributed by atoms with E-state index in [1.54, 1.807) is 0 Å². The highest BCUT2D eigenvalue weighted by molar-refractivity contribution is 6.22. The first-order chi connectivity index (χ1) is 27.8. The molecule has 2 heteroatoms. The van der Waals surface area contributed by atoms with Crippen LogP contribution in [0.25, 0.3) is 93.2 Å². The molecule has 9 aromatic carbocycles. The van der Waals surface area contributed by atoms with E-state index >= 15 is 0 Å². The van der Waals surface area contributed by atoms with E-state index in [-0.39, 0.29) is 12.0 Å². The van der Waals surface area contributed by atoms with Crippen molar-refractivity contribution in [2.75, 3.05) is 0 Å². The summed E-state index contributed by atoms with van der Waals surface area (Å²) in [6, 6.07) is 63.8. The smallest absolute Gasteiger partial charge is 0.135 e. The van der Waals surface area contributed by atoms with E-state index in [4.69, 9.17) is 9.15 Å². The number of para-hydroxylation sites is 2. The molecule has 2 aliphatic rings. The van der Waals surface area contributed by atoms with Crippen LogP contribution in [0.3, 0.4) is 0 Å². The fraction of sp³-hybridized carbons (Fsp3) is 0.0370. The van der Waals surface area contributed by atoms with E-state index in [0.29, 0.717) is 0 Å². The Morgan fingerprint density at radius 1 is 0.393 bits per heavy atom. The number of furan rings is 1. The minimum absolute atomic E-state index is 0.0116. The SMILES string of the molecule is C1=CC2Oc3ccccc3C2C=C1c1cccc2c(-c3cccc4c(-c5ccccc5)cccc34)c3cccc(-c4ccc5oc6ccccc6c5c4)c3cc12. The van der Waals surface area contributed by atoms with Crippen molar-refractivity contribution < 1.29 is 9.15 Å². The Labute approximate surface area is 324 Å². The highest BCUT2D eigenvalue weighted by Gasteiger charge is 2.33. The highest BCUT2D eigenvalue weighted by Crippen LogP contribution is 2.48. The van der Waals surface area contributed by atoms with E-state index in [1.807, 2.05) is 12.1 Å². The lowest BCUT2D eigenvalue weighted by molar-refractivity contribution is 0.269. The van der Waals surface area contributed by atoms with Crippen LogP contribution < -0.4 is 4.74 Å². The van der Waals surface area contributed by atoms with E-state index in [2.05, 4.69) is 182 Å². The maximum Gasteiger partial charge on any atom is 0.135 e. The van der Waals surface area contributed by atoms with Crippen LogP contribution in [0.2, 0.25) is 0 Å². The van der Waals surface area contributed by atoms with Gasteiger partial charge >= 0.3 is 0 Å². The number of allylic oxidation sites excluding steroid dienone is 2. The molecule has 2 nitrogen and oxygen atoms in total. The third-order valence-corrected chi connectivity index (χ3v) is 12.0. The summed E-state index contributed by atoms with van der Waals surface area (Å²) in [5.41, 5.74) is 12.8. The number of hydrogen-bond acceptors (Lipinski definition) is 2. The van der Waals surface area contributed by atoms with Gasteiger partial charge in [-0.15, -0.1) is 0 Å². The standard InChI is InChI=1S/C54H34O2/c1-2-12-33(13-3-1)36-16-8-20-40-39(36)19-11-21-43(40)54-44-22-9-17-37(34-26-28-52-48(30-34)41-14-4-6-24-50(41)55-52)46(44)32-47-38(18-10-23-45(47)54)35-27-29-53-49(31-35)42-15-5-7-25-51(42)56-53/h1-32,48,52H. The molecule has 0 amide bonds. The van der Waals surface area contributed by atoms with Gasteiger partial charge in [0.25, 0.3) is 0 Å². The Hall–Kier alpha value is -7.16. The minimum atomic E-state index is 0.0116. The molecule has 2 unspecified atom stereocenters. The summed E-state index contributed by atoms with van der Waals surface area (Å²) < 4.78 is 12.6. The number of rotatable bonds is 4. The average molecular weight is 715 g/mol. The molecule has 1 aliphatic heterocycles. The van der Waals surface area contributed by atoms with Gasteiger partial charge in [-0.05, 0) is 113 Å². The van der Waals surface area contributed by atoms with Gasteiger partial charge in [0, 0.05) is 22.3 Å². The summed E-state index contributed by atoms with van der Waals surface area (Å²) >= 11 is 0. The molecule has 0 bridgehead atoms. The van der Waals surface area contributed by atoms with Crippen LogP contribution >= 0.6 is 0 Å². The molecule has 10 aromatic rings. The lowest BCUT2D eigenvalue weighted by atomic mass is 9.82. The second-order valence-corrected chi connectivity index (χ2v) is 15.1. The van der Waals surface area contributed by atoms with E-state index in [0.717, 1.165) is 27.7 Å². The molecule has 0 radical (unpaired) electrons. The topological polar surface area (TPSA) is 22.4 Å². The largest absolute Gasteiger partial charge is 0.485 e. The van der Waals surface area contributed by atoms with Crippen molar-refractivity contribution in [3.05, 3.63) is 205 Å². The summed E-state index contributed by atoms with van der Waals surface area (Å²) in [5.74, 6) is 1.15. The van der Waals surface area contributed by atoms with Crippen molar-refractivity contribution in [1.29, 1.82) is 0 Å². The van der Waals surface area contributed by atoms with E-state index in [9.17, 15) is 0 Å². The number of ether oxygens (including phenoxy) is 1. The van der Waals surface area contributed by atoms with Gasteiger partial charge in [-0.3, -0.25) is 0 Å². The Morgan fingerprint density at radius 2 is 1.02 bits per heavy atom. The lowest BCUT2D eigenvalue weighted by Gasteiger charge is -2.22. The third-order valence-electron chi connectivity index (χ3n) is 12.0. The van der Waals surface area contributed by atoms with Crippen molar-refractivity contribution in [2.45, 2.75) is 12.0 Å². The van der Waals surface area contributed by atoms with Gasteiger partial charge in [0.15, 0.2) is 0 Å². The van der Waals surface area contributed by atoms with Crippen molar-refractivity contribution in [3.8, 4) is 39.1 Å². The Balaban J connectivity index is 1.15. The molecule has 0 saturated heterocycles. The summed E-state index contributed by atoms with van der Waals surface area (Å²) in [4.78, 5) is 0. The molecule has 262 valence electrons. The van der Waals surface area contributed by atoms with Gasteiger partial charge in [-0.1, -0.05) is 158 Å². The van der Waals surface area contributed by atoms with Gasteiger partial charge in [0.05, 0.1) is 0 Å². The van der Waals surface area contributed by atoms with Crippen LogP contribution in [0.1, 0.15) is 17.0 Å². The Bertz CT molecular complexity index is 3290. The molecule has 1 aliphatic carbocycles. The van der Waals surface area contributed by atoms with Gasteiger partial charge in [0.2, 0.25) is 0 Å². The zero-order valence-corrected chi connectivity index (χ0v) is 30.4. The second-order valence-electron chi connectivity index (χ2n) is 15.1. The highest BCUT2D eigenvalue weighted by atomic mass is 16.5. The third kappa shape index (κ3) is 4.69. The summed E-state index contributed by atoms with van der Waals surface area (Å²) in [7, 11) is 0. The number of hydrogen-bond donors (Lipinski definition) is 0. The zero-order chi connectivity index (χ0) is 36.7. The first-order valence-electron chi connectivity index (χ1n) is 19.4. The van der Waals surface area contributed by atoms with Gasteiger partial charge in [-0.25, -0.2) is 0 Å². The van der Waals surface area contributed by atoms with Crippen molar-refractivity contribution in [3.63, 3.8) is 0 Å². The van der Waals surface area contributed by atoms with Gasteiger partial charge in [-0.2, -0.15) is 0 Å². The molecule has 12 rings (SSSR count). The average Bonchev–Trinajstić information content (AvgIpc) is 3.83. The first kappa shape index (κ1) is 31.2. The van der Waals surface area contributed by atoms with Crippen molar-refractivity contribution in [2.24, 2.45) is 0 Å². The molecule has 1 aromatic heterocycles. The van der Waals surface area contributed by atoms with Crippen LogP contribution in [-0.2, 0) is 0 Å². The molecule has 0 N–H and O–H groups in total. The molecule has 0 fully saturated rings. The van der Waals surface area contributed by atoms with Crippen LogP contribution in [-0.4, -0.2) is 6.10 Å². The maximum absolute atomic E-state index is 6.38. The molecule has 0 saturated carbocycles. The minimum Gasteiger partial charge on any atom is -0.485 e. The van der Waals surface area contributed by atoms with Crippen molar-refractivity contribution >= 4 is 59.8 Å². The van der Waals surface area contributed by atoms with Crippen LogP contribution in [0.4, 0.5) is 0 Å². The molecule has 2 heterocycles. The Kier molecular flexibility index (Phi) is 6.79. The molecular formula is C54H34O2. The quantitative estimate of drug-likeness (QED) is 0.169. The van der Waals surface area contributed by atoms with Gasteiger partial charge < -0.3 is 9.15 Å². The van der Waals surface area contributed by atoms with Crippen molar-refractivity contribution in [1.82, 2.24) is 0 Å². The monoisotopic (exact) mass is 714 g/mol. The predicted octanol–water partition coefficient (Wildman–Crippen LogP) is 14.5. The zero-order valence-electron chi connectivity index (χ0n) is 30.4. The number of benzene rings is 9. The molecule has 2 atom stereocenters. The summed E-state index contributed by atoms with van der Waals surface area (Å²) in [6.45, 7) is 0. The second kappa shape index (κ2) is 12.2. The number of fused-ring (bicyclic) bond motifs is 9. The van der Waals surface area contributed by atoms with E-state index in [1.165, 1.54) is 82.4 Å². The van der Waals surface area contributed by atoms with Crippen LogP contribution in [0.15, 0.2) is 199 Å². The fourth-order valence-corrected chi connectivity index (χ4v) is 9.48. The maximum atomic E-state index is 6.38. The Morgan fingerprint density at radius 3 is 1.86 bits per heavy atom. The molecule has 56 heavy (non-hydrogen) atoms. The first-order valence-corrected chi connectivity index (χ1v) is 19.4. The fourth-order valence-electron chi connectivity index (χ4n) is 9.48. The van der Waals surface area contributed by atoms with E-state index < -0.39 is 0 Å². The van der Waals surface area contributed by atoms with Crippen LogP contribution in [0.5, 0.6) is 5.75 Å².